The zero-order chi connectivity index (χ0) is 51.4. The predicted molar refractivity (Wildman–Crippen MR) is 290 cm³/mol. The van der Waals surface area contributed by atoms with Gasteiger partial charge in [0.2, 0.25) is 34.9 Å². The first-order chi connectivity index (χ1) is 35.3. The van der Waals surface area contributed by atoms with Crippen molar-refractivity contribution < 1.29 is 19.2 Å². The molecular formula is C54H63Cl3N12O4. The van der Waals surface area contributed by atoms with Crippen LogP contribution < -0.4 is 32.3 Å². The molecule has 0 spiro atoms. The predicted octanol–water partition coefficient (Wildman–Crippen LogP) is 9.77. The van der Waals surface area contributed by atoms with Crippen molar-refractivity contribution >= 4 is 91.5 Å². The fourth-order valence-electron chi connectivity index (χ4n) is 10.6. The van der Waals surface area contributed by atoms with Gasteiger partial charge in [0, 0.05) is 93.4 Å². The van der Waals surface area contributed by atoms with Crippen molar-refractivity contribution in [2.45, 2.75) is 126 Å². The number of halogens is 3. The van der Waals surface area contributed by atoms with Crippen LogP contribution in [-0.4, -0.2) is 89.1 Å². The molecule has 6 aromatic rings. The van der Waals surface area contributed by atoms with Gasteiger partial charge in [-0.3, -0.25) is 19.2 Å². The van der Waals surface area contributed by atoms with Crippen LogP contribution in [0.5, 0.6) is 0 Å². The van der Waals surface area contributed by atoms with E-state index >= 15 is 0 Å². The van der Waals surface area contributed by atoms with Crippen LogP contribution in [-0.2, 0) is 19.2 Å². The number of carbonyl (C=O) groups is 4. The molecule has 4 heterocycles. The van der Waals surface area contributed by atoms with E-state index in [1.54, 1.807) is 12.4 Å². The zero-order valence-corrected chi connectivity index (χ0v) is 42.9. The van der Waals surface area contributed by atoms with Crippen molar-refractivity contribution in [3.63, 3.8) is 0 Å². The molecule has 73 heavy (non-hydrogen) atoms. The van der Waals surface area contributed by atoms with Crippen molar-refractivity contribution in [3.8, 4) is 22.5 Å². The van der Waals surface area contributed by atoms with E-state index in [9.17, 15) is 19.2 Å². The molecule has 0 aliphatic heterocycles. The number of amides is 3. The molecule has 0 bridgehead atoms. The standard InChI is InChI=1S/C27H31ClN6O2.C24H29ClN6O.C3H3ClO/c1-2-24(35)31-19-11-10-16(12-19)26(36)32-17-6-5-7-18(13-17)33-27-30-15-22(28)25(34-27)21-14-29-23-9-4-3-8-20(21)23;25-20-13-28-24(31-22(20)19-12-27-21-7-2-1-6-18(19)21)30-17-5-3-4-16(11-17)29-23(32)14-8-9-15(26)10-14;1-2-3(4)5/h2-4,8-9,14-19,29H,1,5-7,10-13H2,(H,31,35)(H,32,36)(H,30,33,34);1-2,6-7,12-17,27H,3-5,8-11,26H2,(H,29,32)(H,28,30,31);2H,1H2/t16?,17-,18+,19+;14?,15-,16+,17-;/m01./s1. The van der Waals surface area contributed by atoms with Crippen LogP contribution in [0.1, 0.15) is 89.9 Å². The zero-order valence-electron chi connectivity index (χ0n) is 40.6. The van der Waals surface area contributed by atoms with Gasteiger partial charge in [-0.1, -0.05) is 72.8 Å². The van der Waals surface area contributed by atoms with Crippen molar-refractivity contribution in [2.24, 2.45) is 17.6 Å². The maximum Gasteiger partial charge on any atom is 0.244 e. The molecule has 16 nitrogen and oxygen atoms in total. The van der Waals surface area contributed by atoms with E-state index in [2.05, 4.69) is 65.7 Å². The Labute approximate surface area is 439 Å². The van der Waals surface area contributed by atoms with Crippen molar-refractivity contribution in [3.05, 3.63) is 109 Å². The van der Waals surface area contributed by atoms with Crippen molar-refractivity contribution in [1.82, 2.24) is 45.9 Å². The summed E-state index contributed by atoms with van der Waals surface area (Å²) in [5.41, 5.74) is 11.3. The molecule has 19 heteroatoms. The summed E-state index contributed by atoms with van der Waals surface area (Å²) in [5, 5.41) is 19.0. The second kappa shape index (κ2) is 25.1. The number of aromatic nitrogens is 6. The van der Waals surface area contributed by atoms with Gasteiger partial charge in [0.25, 0.3) is 0 Å². The maximum atomic E-state index is 12.9. The quantitative estimate of drug-likeness (QED) is 0.0400. The van der Waals surface area contributed by atoms with Gasteiger partial charge >= 0.3 is 0 Å². The van der Waals surface area contributed by atoms with Gasteiger partial charge in [0.05, 0.1) is 33.8 Å². The number of fused-ring (bicyclic) bond motifs is 2. The lowest BCUT2D eigenvalue weighted by Gasteiger charge is -2.31. The number of benzene rings is 2. The Hall–Kier alpha value is -6.33. The number of nitrogens with one attached hydrogen (secondary N) is 7. The Morgan fingerprint density at radius 1 is 0.589 bits per heavy atom. The number of aromatic amines is 2. The van der Waals surface area contributed by atoms with Gasteiger partial charge in [-0.2, -0.15) is 0 Å². The molecule has 0 radical (unpaired) electrons. The SMILES string of the molecule is C=CC(=O)Cl.C=CC(=O)N[C@@H]1CCC(C(=O)N[C@H]2CCC[C@@H](Nc3ncc(Cl)c(-c4c[nH]c5ccccc45)n3)C2)C1.N[C@@H]1CCC(C(=O)N[C@H]2CCC[C@@H](Nc3ncc(Cl)c(-c4c[nH]c5ccccc45)n3)C2)C1. The Bertz CT molecular complexity index is 2930. The summed E-state index contributed by atoms with van der Waals surface area (Å²) in [5.74, 6) is 1.16. The van der Waals surface area contributed by atoms with Crippen LogP contribution in [0.25, 0.3) is 44.3 Å². The van der Waals surface area contributed by atoms with E-state index in [4.69, 9.17) is 50.5 Å². The molecule has 4 aromatic heterocycles. The molecule has 4 aliphatic carbocycles. The number of anilines is 2. The lowest BCUT2D eigenvalue weighted by atomic mass is 9.90. The molecule has 9 N–H and O–H groups in total. The first kappa shape index (κ1) is 53.0. The summed E-state index contributed by atoms with van der Waals surface area (Å²) >= 11 is 17.6. The average Bonchev–Trinajstić information content (AvgIpc) is 4.23. The minimum atomic E-state index is -0.509. The van der Waals surface area contributed by atoms with Gasteiger partial charge in [-0.15, -0.1) is 0 Å². The molecule has 3 amide bonds. The molecule has 4 aliphatic rings. The summed E-state index contributed by atoms with van der Waals surface area (Å²) < 4.78 is 0. The van der Waals surface area contributed by atoms with E-state index in [1.807, 2.05) is 54.9 Å². The molecular weight excluding hydrogens is 987 g/mol. The molecule has 0 saturated heterocycles. The highest BCUT2D eigenvalue weighted by molar-refractivity contribution is 6.66. The lowest BCUT2D eigenvalue weighted by molar-refractivity contribution is -0.126. The highest BCUT2D eigenvalue weighted by atomic mass is 35.5. The molecule has 384 valence electrons. The van der Waals surface area contributed by atoms with E-state index < -0.39 is 5.24 Å². The Kier molecular flexibility index (Phi) is 18.2. The van der Waals surface area contributed by atoms with Gasteiger partial charge < -0.3 is 42.3 Å². The number of hydrogen-bond acceptors (Lipinski definition) is 11. The van der Waals surface area contributed by atoms with Crippen LogP contribution in [0, 0.1) is 11.8 Å². The summed E-state index contributed by atoms with van der Waals surface area (Å²) in [6, 6.07) is 17.0. The number of H-pyrrole nitrogens is 2. The number of hydrogen-bond donors (Lipinski definition) is 8. The Morgan fingerprint density at radius 3 is 1.51 bits per heavy atom. The van der Waals surface area contributed by atoms with Crippen molar-refractivity contribution in [1.29, 1.82) is 0 Å². The fourth-order valence-corrected chi connectivity index (χ4v) is 10.9. The highest BCUT2D eigenvalue weighted by Crippen LogP contribution is 2.35. The average molecular weight is 1050 g/mol. The third-order valence-corrected chi connectivity index (χ3v) is 14.9. The topological polar surface area (TPSA) is 238 Å². The van der Waals surface area contributed by atoms with E-state index in [1.165, 1.54) is 6.08 Å². The van der Waals surface area contributed by atoms with Crippen LogP contribution >= 0.6 is 34.8 Å². The minimum absolute atomic E-state index is 0.0421. The van der Waals surface area contributed by atoms with E-state index in [0.29, 0.717) is 39.8 Å². The fraction of sp³-hybridized carbons (Fsp3) is 0.407. The molecule has 8 atom stereocenters. The number of carbonyl (C=O) groups excluding carboxylic acids is 4. The third kappa shape index (κ3) is 14.0. The van der Waals surface area contributed by atoms with Crippen LogP contribution in [0.15, 0.2) is 98.6 Å². The smallest absolute Gasteiger partial charge is 0.244 e. The first-order valence-electron chi connectivity index (χ1n) is 25.2. The van der Waals surface area contributed by atoms with E-state index in [-0.39, 0.29) is 65.8 Å². The molecule has 4 saturated carbocycles. The molecule has 2 aromatic carbocycles. The molecule has 2 unspecified atom stereocenters. The van der Waals surface area contributed by atoms with Crippen LogP contribution in [0.2, 0.25) is 10.0 Å². The van der Waals surface area contributed by atoms with Gasteiger partial charge in [-0.05, 0) is 126 Å². The van der Waals surface area contributed by atoms with Crippen molar-refractivity contribution in [2.75, 3.05) is 10.6 Å². The Balaban J connectivity index is 0.000000179. The summed E-state index contributed by atoms with van der Waals surface area (Å²) in [6.45, 7) is 6.57. The van der Waals surface area contributed by atoms with Gasteiger partial charge in [0.1, 0.15) is 0 Å². The largest absolute Gasteiger partial charge is 0.360 e. The van der Waals surface area contributed by atoms with Gasteiger partial charge in [0.15, 0.2) is 0 Å². The number of rotatable bonds is 13. The number of allylic oxidation sites excluding steroid dienone is 1. The summed E-state index contributed by atoms with van der Waals surface area (Å²) in [4.78, 5) is 71.4. The number of para-hydroxylation sites is 2. The maximum absolute atomic E-state index is 12.9. The monoisotopic (exact) mass is 1050 g/mol. The highest BCUT2D eigenvalue weighted by Gasteiger charge is 2.34. The number of nitrogens with two attached hydrogens (primary N) is 1. The van der Waals surface area contributed by atoms with Gasteiger partial charge in [-0.25, -0.2) is 19.9 Å². The van der Waals surface area contributed by atoms with Crippen LogP contribution in [0.3, 0.4) is 0 Å². The second-order valence-electron chi connectivity index (χ2n) is 19.4. The summed E-state index contributed by atoms with van der Waals surface area (Å²) in [6.07, 6.45) is 22.1. The minimum Gasteiger partial charge on any atom is -0.360 e. The van der Waals surface area contributed by atoms with E-state index in [0.717, 1.165) is 122 Å². The third-order valence-electron chi connectivity index (χ3n) is 14.2. The van der Waals surface area contributed by atoms with Crippen LogP contribution in [0.4, 0.5) is 11.9 Å². The lowest BCUT2D eigenvalue weighted by Crippen LogP contribution is -2.44. The normalized spacial score (nSPS) is 23.5. The second-order valence-corrected chi connectivity index (χ2v) is 20.6. The Morgan fingerprint density at radius 2 is 1.04 bits per heavy atom. The molecule has 4 fully saturated rings. The molecule has 10 rings (SSSR count). The number of nitrogens with zero attached hydrogens (tertiary/aromatic N) is 4. The first-order valence-corrected chi connectivity index (χ1v) is 26.3. The summed E-state index contributed by atoms with van der Waals surface area (Å²) in [7, 11) is 0.